The van der Waals surface area contributed by atoms with E-state index < -0.39 is 6.17 Å². The lowest BCUT2D eigenvalue weighted by atomic mass is 9.94. The van der Waals surface area contributed by atoms with Crippen LogP contribution in [0.5, 0.6) is 0 Å². The largest absolute Gasteiger partial charge is 0.261 e. The Labute approximate surface area is 273 Å². The lowest BCUT2D eigenvalue weighted by Crippen LogP contribution is -2.00. The Kier molecular flexibility index (Phi) is 6.57. The molecule has 0 aliphatic rings. The maximum Gasteiger partial charge on any atom is 0.166 e. The van der Waals surface area contributed by atoms with Crippen molar-refractivity contribution < 1.29 is 0 Å². The Morgan fingerprint density at radius 2 is 0.574 bits per heavy atom. The van der Waals surface area contributed by atoms with Gasteiger partial charge in [-0.05, 0) is 82.8 Å². The van der Waals surface area contributed by atoms with E-state index in [0.717, 1.165) is 27.5 Å². The fourth-order valence-corrected chi connectivity index (χ4v) is 7.18. The first kappa shape index (κ1) is 27.2. The van der Waals surface area contributed by atoms with Crippen LogP contribution in [0.25, 0.3) is 64.6 Å². The van der Waals surface area contributed by atoms with E-state index in [4.69, 9.17) is 9.98 Å². The first-order valence-electron chi connectivity index (χ1n) is 16.1. The molecule has 220 valence electrons. The highest BCUT2D eigenvalue weighted by Gasteiger charge is 2.17. The first-order chi connectivity index (χ1) is 23.3. The Morgan fingerprint density at radius 3 is 0.894 bits per heavy atom. The molecule has 0 fully saturated rings. The molecular formula is C45H30N2. The molecule has 0 bridgehead atoms. The Balaban J connectivity index is 1.32. The van der Waals surface area contributed by atoms with Crippen LogP contribution in [0.1, 0.15) is 22.9 Å². The number of nitrogens with zero attached hydrogens (tertiary/aromatic N) is 2. The van der Waals surface area contributed by atoms with E-state index in [2.05, 4.69) is 176 Å². The molecule has 0 saturated carbocycles. The molecule has 0 amide bonds. The molecule has 2 heteroatoms. The highest BCUT2D eigenvalue weighted by atomic mass is 15.0. The Morgan fingerprint density at radius 1 is 0.319 bits per heavy atom. The molecule has 9 aromatic rings. The second-order valence-electron chi connectivity index (χ2n) is 12.1. The third-order valence-corrected chi connectivity index (χ3v) is 9.39. The van der Waals surface area contributed by atoms with E-state index in [1.165, 1.54) is 53.9 Å². The zero-order valence-electron chi connectivity index (χ0n) is 25.7. The van der Waals surface area contributed by atoms with Crippen LogP contribution in [0.3, 0.4) is 0 Å². The summed E-state index contributed by atoms with van der Waals surface area (Å²) in [5, 5.41) is 14.2. The number of rotatable bonds is 5. The van der Waals surface area contributed by atoms with Crippen molar-refractivity contribution in [2.75, 3.05) is 0 Å². The summed E-state index contributed by atoms with van der Waals surface area (Å²) in [6.45, 7) is 0. The molecule has 0 atom stereocenters. The number of hydrogen-bond donors (Lipinski definition) is 0. The van der Waals surface area contributed by atoms with Crippen molar-refractivity contribution >= 4 is 77.1 Å². The smallest absolute Gasteiger partial charge is 0.166 e. The minimum Gasteiger partial charge on any atom is -0.261 e. The summed E-state index contributed by atoms with van der Waals surface area (Å²) < 4.78 is 0. The van der Waals surface area contributed by atoms with Gasteiger partial charge in [-0.15, -0.1) is 0 Å². The standard InChI is InChI=1S/C45H30N2/c1-7-19-36-30(13-1)25-31-14-2-8-20-37(31)42(36)28-46-45(44-40-23-11-5-17-34(40)27-35-18-6-12-24-41(35)44)47-29-43-38-21-9-3-15-32(38)26-33-16-4-10-22-39(33)43/h1-29,45H/b46-28+,47-29+. The van der Waals surface area contributed by atoms with Gasteiger partial charge >= 0.3 is 0 Å². The number of hydrogen-bond acceptors (Lipinski definition) is 2. The van der Waals surface area contributed by atoms with E-state index >= 15 is 0 Å². The molecular weight excluding hydrogens is 569 g/mol. The minimum absolute atomic E-state index is 0.485. The van der Waals surface area contributed by atoms with E-state index in [1.54, 1.807) is 0 Å². The summed E-state index contributed by atoms with van der Waals surface area (Å²) in [7, 11) is 0. The van der Waals surface area contributed by atoms with Crippen LogP contribution >= 0.6 is 0 Å². The molecule has 0 saturated heterocycles. The second kappa shape index (κ2) is 11.3. The zero-order valence-corrected chi connectivity index (χ0v) is 25.7. The van der Waals surface area contributed by atoms with Gasteiger partial charge in [-0.1, -0.05) is 146 Å². The van der Waals surface area contributed by atoms with Crippen molar-refractivity contribution in [2.45, 2.75) is 6.17 Å². The molecule has 0 spiro atoms. The van der Waals surface area contributed by atoms with Crippen LogP contribution in [0.4, 0.5) is 0 Å². The van der Waals surface area contributed by atoms with Gasteiger partial charge < -0.3 is 0 Å². The summed E-state index contributed by atoms with van der Waals surface area (Å²) in [5.74, 6) is 0. The van der Waals surface area contributed by atoms with Gasteiger partial charge in [-0.2, -0.15) is 0 Å². The van der Waals surface area contributed by atoms with Gasteiger partial charge in [-0.25, -0.2) is 0 Å². The lowest BCUT2D eigenvalue weighted by molar-refractivity contribution is 0.802. The molecule has 0 unspecified atom stereocenters. The molecule has 0 aliphatic carbocycles. The second-order valence-corrected chi connectivity index (χ2v) is 12.1. The SMILES string of the molecule is C(=N\C(/N=C/c1c2ccccc2cc2ccccc12)c1c2ccccc2cc2ccccc12)/c1c2ccccc2cc2ccccc12. The number of aliphatic imine (C=N–C) groups is 2. The van der Waals surface area contributed by atoms with Gasteiger partial charge in [0.05, 0.1) is 0 Å². The van der Waals surface area contributed by atoms with Crippen molar-refractivity contribution in [1.82, 2.24) is 0 Å². The van der Waals surface area contributed by atoms with Crippen LogP contribution in [0, 0.1) is 0 Å². The van der Waals surface area contributed by atoms with Crippen molar-refractivity contribution in [1.29, 1.82) is 0 Å². The third-order valence-electron chi connectivity index (χ3n) is 9.39. The van der Waals surface area contributed by atoms with Crippen LogP contribution in [-0.2, 0) is 0 Å². The summed E-state index contributed by atoms with van der Waals surface area (Å²) in [5.41, 5.74) is 3.33. The highest BCUT2D eigenvalue weighted by molar-refractivity contribution is 6.15. The van der Waals surface area contributed by atoms with E-state index in [0.29, 0.717) is 0 Å². The minimum atomic E-state index is -0.485. The highest BCUT2D eigenvalue weighted by Crippen LogP contribution is 2.37. The summed E-state index contributed by atoms with van der Waals surface area (Å²) in [4.78, 5) is 10.8. The topological polar surface area (TPSA) is 24.7 Å². The summed E-state index contributed by atoms with van der Waals surface area (Å²) >= 11 is 0. The Hall–Kier alpha value is -6.12. The van der Waals surface area contributed by atoms with Crippen molar-refractivity contribution in [2.24, 2.45) is 9.98 Å². The number of benzene rings is 9. The van der Waals surface area contributed by atoms with Gasteiger partial charge in [-0.3, -0.25) is 9.98 Å². The predicted octanol–water partition coefficient (Wildman–Crippen LogP) is 11.8. The van der Waals surface area contributed by atoms with Crippen molar-refractivity contribution in [3.8, 4) is 0 Å². The lowest BCUT2D eigenvalue weighted by Gasteiger charge is -2.17. The van der Waals surface area contributed by atoms with Crippen molar-refractivity contribution in [3.05, 3.63) is 180 Å². The molecule has 0 heterocycles. The molecule has 47 heavy (non-hydrogen) atoms. The van der Waals surface area contributed by atoms with Crippen LogP contribution in [-0.4, -0.2) is 12.4 Å². The molecule has 0 aliphatic heterocycles. The van der Waals surface area contributed by atoms with Gasteiger partial charge in [0.25, 0.3) is 0 Å². The summed E-state index contributed by atoms with van der Waals surface area (Å²) in [6, 6.07) is 58.3. The molecule has 0 aromatic heterocycles. The van der Waals surface area contributed by atoms with E-state index in [9.17, 15) is 0 Å². The molecule has 0 N–H and O–H groups in total. The first-order valence-corrected chi connectivity index (χ1v) is 16.1. The Bertz CT molecular complexity index is 2410. The number of fused-ring (bicyclic) bond motifs is 6. The quantitative estimate of drug-likeness (QED) is 0.139. The third kappa shape index (κ3) is 4.74. The fourth-order valence-electron chi connectivity index (χ4n) is 7.18. The fraction of sp³-hybridized carbons (Fsp3) is 0.0222. The maximum atomic E-state index is 5.42. The summed E-state index contributed by atoms with van der Waals surface area (Å²) in [6.07, 6.45) is 3.64. The van der Waals surface area contributed by atoms with Crippen molar-refractivity contribution in [3.63, 3.8) is 0 Å². The monoisotopic (exact) mass is 598 g/mol. The van der Waals surface area contributed by atoms with Gasteiger partial charge in [0.15, 0.2) is 6.17 Å². The van der Waals surface area contributed by atoms with Gasteiger partial charge in [0.1, 0.15) is 0 Å². The van der Waals surface area contributed by atoms with Crippen LogP contribution in [0.15, 0.2) is 174 Å². The maximum absolute atomic E-state index is 5.42. The van der Waals surface area contributed by atoms with E-state index in [-0.39, 0.29) is 0 Å². The normalized spacial score (nSPS) is 12.3. The molecule has 2 nitrogen and oxygen atoms in total. The molecule has 9 aromatic carbocycles. The average molecular weight is 599 g/mol. The van der Waals surface area contributed by atoms with Gasteiger partial charge in [0, 0.05) is 29.1 Å². The average Bonchev–Trinajstić information content (AvgIpc) is 3.13. The van der Waals surface area contributed by atoms with Gasteiger partial charge in [0.2, 0.25) is 0 Å². The van der Waals surface area contributed by atoms with Crippen LogP contribution in [0.2, 0.25) is 0 Å². The predicted molar refractivity (Wildman–Crippen MR) is 202 cm³/mol. The van der Waals surface area contributed by atoms with Crippen LogP contribution < -0.4 is 0 Å². The zero-order chi connectivity index (χ0) is 31.2. The molecule has 0 radical (unpaired) electrons. The molecule has 9 rings (SSSR count). The van der Waals surface area contributed by atoms with E-state index in [1.807, 2.05) is 0 Å².